The van der Waals surface area contributed by atoms with Gasteiger partial charge < -0.3 is 25.0 Å². The summed E-state index contributed by atoms with van der Waals surface area (Å²) in [5, 5.41) is 5.60. The van der Waals surface area contributed by atoms with Crippen molar-refractivity contribution in [1.82, 2.24) is 15.5 Å². The van der Waals surface area contributed by atoms with Crippen molar-refractivity contribution in [3.63, 3.8) is 0 Å². The summed E-state index contributed by atoms with van der Waals surface area (Å²) >= 11 is 0. The van der Waals surface area contributed by atoms with Gasteiger partial charge in [0.25, 0.3) is 0 Å². The van der Waals surface area contributed by atoms with Gasteiger partial charge in [-0.1, -0.05) is 18.2 Å². The minimum absolute atomic E-state index is 0.0364. The first-order valence-corrected chi connectivity index (χ1v) is 6.90. The summed E-state index contributed by atoms with van der Waals surface area (Å²) in [5.74, 6) is 0.817. The smallest absolute Gasteiger partial charge is 0.314 e. The van der Waals surface area contributed by atoms with E-state index in [9.17, 15) is 4.79 Å². The molecule has 0 saturated carbocycles. The van der Waals surface area contributed by atoms with Crippen molar-refractivity contribution < 1.29 is 14.3 Å². The van der Waals surface area contributed by atoms with E-state index in [4.69, 9.17) is 9.47 Å². The maximum Gasteiger partial charge on any atom is 0.314 e. The zero-order chi connectivity index (χ0) is 15.7. The van der Waals surface area contributed by atoms with Crippen LogP contribution in [-0.4, -0.2) is 58.9 Å². The molecule has 1 unspecified atom stereocenters. The molecule has 2 amide bonds. The van der Waals surface area contributed by atoms with Crippen molar-refractivity contribution in [2.75, 3.05) is 48.0 Å². The highest BCUT2D eigenvalue weighted by atomic mass is 16.5. The van der Waals surface area contributed by atoms with E-state index < -0.39 is 0 Å². The molecule has 0 spiro atoms. The lowest BCUT2D eigenvalue weighted by molar-refractivity contribution is 0.194. The molecule has 0 aliphatic rings. The molecule has 6 heteroatoms. The first-order chi connectivity index (χ1) is 10.1. The Morgan fingerprint density at radius 2 is 1.95 bits per heavy atom. The molecule has 21 heavy (non-hydrogen) atoms. The van der Waals surface area contributed by atoms with E-state index >= 15 is 0 Å². The van der Waals surface area contributed by atoms with Gasteiger partial charge >= 0.3 is 6.03 Å². The summed E-state index contributed by atoms with van der Waals surface area (Å²) in [7, 11) is 7.20. The second-order valence-electron chi connectivity index (χ2n) is 4.85. The molecule has 118 valence electrons. The Labute approximate surface area is 126 Å². The normalized spacial score (nSPS) is 12.0. The molecule has 0 heterocycles. The number of carbonyl (C=O) groups is 1. The lowest BCUT2D eigenvalue weighted by Gasteiger charge is -2.26. The SMILES string of the molecule is COCCNC(=O)NCC(c1ccccc1OC)N(C)C. The molecule has 6 nitrogen and oxygen atoms in total. The number of methoxy groups -OCH3 is 2. The molecular weight excluding hydrogens is 270 g/mol. The number of carbonyl (C=O) groups excluding carboxylic acids is 1. The van der Waals surface area contributed by atoms with Gasteiger partial charge in [0.2, 0.25) is 0 Å². The molecular formula is C15H25N3O3. The summed E-state index contributed by atoms with van der Waals surface area (Å²) in [6.45, 7) is 1.48. The van der Waals surface area contributed by atoms with Crippen LogP contribution in [0.4, 0.5) is 4.79 Å². The van der Waals surface area contributed by atoms with Crippen molar-refractivity contribution in [3.8, 4) is 5.75 Å². The Hall–Kier alpha value is -1.79. The molecule has 0 bridgehead atoms. The van der Waals surface area contributed by atoms with Gasteiger partial charge in [0.05, 0.1) is 19.8 Å². The Balaban J connectivity index is 2.64. The van der Waals surface area contributed by atoms with Gasteiger partial charge in [-0.3, -0.25) is 0 Å². The van der Waals surface area contributed by atoms with Crippen LogP contribution >= 0.6 is 0 Å². The minimum Gasteiger partial charge on any atom is -0.496 e. The highest BCUT2D eigenvalue weighted by Gasteiger charge is 2.18. The number of urea groups is 1. The topological polar surface area (TPSA) is 62.8 Å². The number of benzene rings is 1. The first kappa shape index (κ1) is 17.3. The van der Waals surface area contributed by atoms with Crippen molar-refractivity contribution in [2.24, 2.45) is 0 Å². The van der Waals surface area contributed by atoms with Crippen molar-refractivity contribution in [1.29, 1.82) is 0 Å². The fourth-order valence-electron chi connectivity index (χ4n) is 2.03. The molecule has 0 fully saturated rings. The van der Waals surface area contributed by atoms with Crippen LogP contribution in [0.3, 0.4) is 0 Å². The number of nitrogens with zero attached hydrogens (tertiary/aromatic N) is 1. The van der Waals surface area contributed by atoms with Crippen LogP contribution in [0.15, 0.2) is 24.3 Å². The Bertz CT molecular complexity index is 438. The molecule has 0 saturated heterocycles. The van der Waals surface area contributed by atoms with Crippen LogP contribution in [0.1, 0.15) is 11.6 Å². The van der Waals surface area contributed by atoms with E-state index in [0.717, 1.165) is 11.3 Å². The minimum atomic E-state index is -0.200. The summed E-state index contributed by atoms with van der Waals surface area (Å²) in [5.41, 5.74) is 1.04. The van der Waals surface area contributed by atoms with Gasteiger partial charge in [0.15, 0.2) is 0 Å². The predicted molar refractivity (Wildman–Crippen MR) is 82.7 cm³/mol. The van der Waals surface area contributed by atoms with Gasteiger partial charge in [0, 0.05) is 25.8 Å². The van der Waals surface area contributed by atoms with Crippen LogP contribution in [0.2, 0.25) is 0 Å². The molecule has 1 atom stereocenters. The molecule has 0 aliphatic carbocycles. The summed E-state index contributed by atoms with van der Waals surface area (Å²) in [4.78, 5) is 13.8. The van der Waals surface area contributed by atoms with Crippen LogP contribution in [0, 0.1) is 0 Å². The highest BCUT2D eigenvalue weighted by molar-refractivity contribution is 5.73. The van der Waals surface area contributed by atoms with E-state index in [1.807, 2.05) is 43.3 Å². The molecule has 1 aromatic carbocycles. The number of ether oxygens (including phenoxy) is 2. The highest BCUT2D eigenvalue weighted by Crippen LogP contribution is 2.27. The second-order valence-corrected chi connectivity index (χ2v) is 4.85. The zero-order valence-electron chi connectivity index (χ0n) is 13.2. The standard InChI is InChI=1S/C15H25N3O3/c1-18(2)13(11-17-15(19)16-9-10-20-3)12-7-5-6-8-14(12)21-4/h5-8,13H,9-11H2,1-4H3,(H2,16,17,19). The fraction of sp³-hybridized carbons (Fsp3) is 0.533. The van der Waals surface area contributed by atoms with Crippen LogP contribution < -0.4 is 15.4 Å². The Kier molecular flexibility index (Phi) is 7.56. The number of hydrogen-bond donors (Lipinski definition) is 2. The summed E-state index contributed by atoms with van der Waals surface area (Å²) in [6.07, 6.45) is 0. The maximum atomic E-state index is 11.7. The number of para-hydroxylation sites is 1. The van der Waals surface area contributed by atoms with Gasteiger partial charge in [-0.2, -0.15) is 0 Å². The average molecular weight is 295 g/mol. The third-order valence-corrected chi connectivity index (χ3v) is 3.17. The molecule has 0 aliphatic heterocycles. The van der Waals surface area contributed by atoms with E-state index in [-0.39, 0.29) is 12.1 Å². The van der Waals surface area contributed by atoms with E-state index in [1.165, 1.54) is 0 Å². The lowest BCUT2D eigenvalue weighted by Crippen LogP contribution is -2.41. The summed E-state index contributed by atoms with van der Waals surface area (Å²) < 4.78 is 10.3. The molecule has 1 aromatic rings. The van der Waals surface area contributed by atoms with Crippen molar-refractivity contribution in [3.05, 3.63) is 29.8 Å². The van der Waals surface area contributed by atoms with Crippen molar-refractivity contribution >= 4 is 6.03 Å². The molecule has 1 rings (SSSR count). The molecule has 0 radical (unpaired) electrons. The number of hydrogen-bond acceptors (Lipinski definition) is 4. The third-order valence-electron chi connectivity index (χ3n) is 3.17. The number of likely N-dealkylation sites (N-methyl/N-ethyl adjacent to an activating group) is 1. The zero-order valence-corrected chi connectivity index (χ0v) is 13.2. The largest absolute Gasteiger partial charge is 0.496 e. The lowest BCUT2D eigenvalue weighted by atomic mass is 10.0. The molecule has 0 aromatic heterocycles. The van der Waals surface area contributed by atoms with E-state index in [2.05, 4.69) is 10.6 Å². The van der Waals surface area contributed by atoms with E-state index in [0.29, 0.717) is 19.7 Å². The molecule has 2 N–H and O–H groups in total. The van der Waals surface area contributed by atoms with E-state index in [1.54, 1.807) is 14.2 Å². The Morgan fingerprint density at radius 3 is 2.57 bits per heavy atom. The van der Waals surface area contributed by atoms with Crippen molar-refractivity contribution in [2.45, 2.75) is 6.04 Å². The third kappa shape index (κ3) is 5.61. The van der Waals surface area contributed by atoms with Gasteiger partial charge in [0.1, 0.15) is 5.75 Å². The summed E-state index contributed by atoms with van der Waals surface area (Å²) in [6, 6.07) is 7.66. The maximum absolute atomic E-state index is 11.7. The second kappa shape index (κ2) is 9.20. The number of amides is 2. The average Bonchev–Trinajstić information content (AvgIpc) is 2.48. The van der Waals surface area contributed by atoms with Gasteiger partial charge in [-0.05, 0) is 20.2 Å². The van der Waals surface area contributed by atoms with Gasteiger partial charge in [-0.15, -0.1) is 0 Å². The van der Waals surface area contributed by atoms with Gasteiger partial charge in [-0.25, -0.2) is 4.79 Å². The van der Waals surface area contributed by atoms with Crippen LogP contribution in [0.25, 0.3) is 0 Å². The van der Waals surface area contributed by atoms with Crippen LogP contribution in [-0.2, 0) is 4.74 Å². The number of rotatable bonds is 8. The number of nitrogens with one attached hydrogen (secondary N) is 2. The monoisotopic (exact) mass is 295 g/mol. The predicted octanol–water partition coefficient (Wildman–Crippen LogP) is 1.24. The first-order valence-electron chi connectivity index (χ1n) is 6.90. The fourth-order valence-corrected chi connectivity index (χ4v) is 2.03. The Morgan fingerprint density at radius 1 is 1.24 bits per heavy atom. The quantitative estimate of drug-likeness (QED) is 0.708. The van der Waals surface area contributed by atoms with Crippen LogP contribution in [0.5, 0.6) is 5.75 Å².